The Morgan fingerprint density at radius 2 is 0.864 bits per heavy atom. The summed E-state index contributed by atoms with van der Waals surface area (Å²) in [5, 5.41) is 0. The molecule has 0 saturated carbocycles. The van der Waals surface area contributed by atoms with Gasteiger partial charge in [-0.15, -0.1) is 0 Å². The molecule has 0 N–H and O–H groups in total. The van der Waals surface area contributed by atoms with Crippen LogP contribution >= 0.6 is 0 Å². The lowest BCUT2D eigenvalue weighted by Gasteiger charge is -2.25. The van der Waals surface area contributed by atoms with Gasteiger partial charge < -0.3 is 4.90 Å². The lowest BCUT2D eigenvalue weighted by Crippen LogP contribution is -2.11. The quantitative estimate of drug-likeness (QED) is 0.636. The smallest absolute Gasteiger partial charge is 0.113 e. The van der Waals surface area contributed by atoms with Gasteiger partial charge in [-0.3, -0.25) is 0 Å². The third-order valence-electron chi connectivity index (χ3n) is 3.74. The number of nitrogens with zero attached hydrogens (tertiary/aromatic N) is 1. The van der Waals surface area contributed by atoms with Crippen LogP contribution in [0.3, 0.4) is 0 Å². The van der Waals surface area contributed by atoms with E-state index in [0.717, 1.165) is 22.5 Å². The number of hydrogen-bond donors (Lipinski definition) is 0. The standard InChI is InChI=1S/C20H18BN/c1-15-3-9-18(10-4-15)22(19-11-5-16(2)6-12-19)20-13-7-17(21)8-14-20/h3-14H,1-2H3. The van der Waals surface area contributed by atoms with Crippen LogP contribution < -0.4 is 10.4 Å². The Hall–Kier alpha value is -2.48. The average molecular weight is 283 g/mol. The van der Waals surface area contributed by atoms with Crippen molar-refractivity contribution in [2.24, 2.45) is 0 Å². The maximum absolute atomic E-state index is 5.83. The molecule has 22 heavy (non-hydrogen) atoms. The Morgan fingerprint density at radius 1 is 0.545 bits per heavy atom. The molecule has 2 radical (unpaired) electrons. The molecule has 0 spiro atoms. The van der Waals surface area contributed by atoms with Gasteiger partial charge in [0.15, 0.2) is 0 Å². The number of aryl methyl sites for hydroxylation is 2. The Kier molecular flexibility index (Phi) is 4.01. The van der Waals surface area contributed by atoms with Gasteiger partial charge >= 0.3 is 0 Å². The fourth-order valence-electron chi connectivity index (χ4n) is 2.46. The summed E-state index contributed by atoms with van der Waals surface area (Å²) in [5.41, 5.74) is 6.66. The molecular weight excluding hydrogens is 265 g/mol. The van der Waals surface area contributed by atoms with Crippen molar-refractivity contribution in [2.45, 2.75) is 13.8 Å². The minimum absolute atomic E-state index is 0.775. The fourth-order valence-corrected chi connectivity index (χ4v) is 2.46. The lowest BCUT2D eigenvalue weighted by molar-refractivity contribution is 1.27. The first-order valence-corrected chi connectivity index (χ1v) is 7.42. The van der Waals surface area contributed by atoms with Crippen molar-refractivity contribution < 1.29 is 0 Å². The molecule has 0 heterocycles. The number of hydrogen-bond acceptors (Lipinski definition) is 1. The Bertz CT molecular complexity index is 635. The highest BCUT2D eigenvalue weighted by Crippen LogP contribution is 2.34. The van der Waals surface area contributed by atoms with Crippen LogP contribution in [0.25, 0.3) is 0 Å². The van der Waals surface area contributed by atoms with E-state index in [4.69, 9.17) is 7.85 Å². The van der Waals surface area contributed by atoms with E-state index in [1.54, 1.807) is 0 Å². The zero-order valence-electron chi connectivity index (χ0n) is 13.0. The second-order valence-electron chi connectivity index (χ2n) is 5.60. The monoisotopic (exact) mass is 283 g/mol. The van der Waals surface area contributed by atoms with Crippen LogP contribution in [-0.2, 0) is 0 Å². The topological polar surface area (TPSA) is 3.24 Å². The zero-order valence-corrected chi connectivity index (χ0v) is 13.0. The van der Waals surface area contributed by atoms with Crippen molar-refractivity contribution in [3.63, 3.8) is 0 Å². The molecule has 0 aliphatic carbocycles. The van der Waals surface area contributed by atoms with Crippen LogP contribution in [-0.4, -0.2) is 7.85 Å². The van der Waals surface area contributed by atoms with Gasteiger partial charge in [0.25, 0.3) is 0 Å². The summed E-state index contributed by atoms with van der Waals surface area (Å²) in [5.74, 6) is 0. The average Bonchev–Trinajstić information content (AvgIpc) is 2.53. The van der Waals surface area contributed by atoms with Gasteiger partial charge in [0.2, 0.25) is 0 Å². The number of anilines is 3. The first kappa shape index (κ1) is 14.5. The maximum Gasteiger partial charge on any atom is 0.113 e. The molecule has 3 aromatic carbocycles. The van der Waals surface area contributed by atoms with Crippen LogP contribution in [0.15, 0.2) is 72.8 Å². The minimum Gasteiger partial charge on any atom is -0.311 e. The predicted octanol–water partition coefficient (Wildman–Crippen LogP) is 4.57. The van der Waals surface area contributed by atoms with Gasteiger partial charge in [-0.05, 0) is 50.2 Å². The van der Waals surface area contributed by atoms with Gasteiger partial charge in [0, 0.05) is 17.1 Å². The summed E-state index contributed by atoms with van der Waals surface area (Å²) in [4.78, 5) is 2.23. The molecular formula is C20H18BN. The highest BCUT2D eigenvalue weighted by molar-refractivity contribution is 6.32. The molecule has 3 aromatic rings. The van der Waals surface area contributed by atoms with E-state index in [1.807, 2.05) is 12.1 Å². The first-order chi connectivity index (χ1) is 10.6. The summed E-state index contributed by atoms with van der Waals surface area (Å²) in [6, 6.07) is 25.1. The summed E-state index contributed by atoms with van der Waals surface area (Å²) < 4.78 is 0. The second kappa shape index (κ2) is 6.11. The van der Waals surface area contributed by atoms with E-state index < -0.39 is 0 Å². The Balaban J connectivity index is 2.10. The molecule has 0 atom stereocenters. The normalized spacial score (nSPS) is 10.5. The predicted molar refractivity (Wildman–Crippen MR) is 96.0 cm³/mol. The van der Waals surface area contributed by atoms with E-state index in [2.05, 4.69) is 79.4 Å². The van der Waals surface area contributed by atoms with E-state index in [-0.39, 0.29) is 0 Å². The summed E-state index contributed by atoms with van der Waals surface area (Å²) >= 11 is 0. The molecule has 1 nitrogen and oxygen atoms in total. The van der Waals surface area contributed by atoms with Gasteiger partial charge in [0.05, 0.1) is 0 Å². The van der Waals surface area contributed by atoms with E-state index in [1.165, 1.54) is 11.1 Å². The molecule has 3 rings (SSSR count). The summed E-state index contributed by atoms with van der Waals surface area (Å²) in [7, 11) is 5.83. The fraction of sp³-hybridized carbons (Fsp3) is 0.100. The first-order valence-electron chi connectivity index (χ1n) is 7.42. The van der Waals surface area contributed by atoms with Crippen molar-refractivity contribution in [3.05, 3.63) is 83.9 Å². The molecule has 0 amide bonds. The second-order valence-corrected chi connectivity index (χ2v) is 5.60. The highest BCUT2D eigenvalue weighted by Gasteiger charge is 2.11. The summed E-state index contributed by atoms with van der Waals surface area (Å²) in [6.45, 7) is 4.20. The largest absolute Gasteiger partial charge is 0.311 e. The van der Waals surface area contributed by atoms with Gasteiger partial charge in [0.1, 0.15) is 7.85 Å². The lowest BCUT2D eigenvalue weighted by atomic mass is 9.96. The van der Waals surface area contributed by atoms with Crippen LogP contribution in [0, 0.1) is 13.8 Å². The number of rotatable bonds is 3. The molecule has 0 saturated heterocycles. The van der Waals surface area contributed by atoms with Gasteiger partial charge in [-0.25, -0.2) is 0 Å². The minimum atomic E-state index is 0.775. The van der Waals surface area contributed by atoms with Crippen molar-refractivity contribution in [3.8, 4) is 0 Å². The molecule has 0 aliphatic heterocycles. The highest BCUT2D eigenvalue weighted by atomic mass is 15.1. The third-order valence-corrected chi connectivity index (χ3v) is 3.74. The molecule has 0 bridgehead atoms. The van der Waals surface area contributed by atoms with Crippen LogP contribution in [0.4, 0.5) is 17.1 Å². The van der Waals surface area contributed by atoms with Crippen LogP contribution in [0.5, 0.6) is 0 Å². The van der Waals surface area contributed by atoms with Crippen molar-refractivity contribution in [1.29, 1.82) is 0 Å². The molecule has 106 valence electrons. The Morgan fingerprint density at radius 3 is 1.23 bits per heavy atom. The summed E-state index contributed by atoms with van der Waals surface area (Å²) in [6.07, 6.45) is 0. The van der Waals surface area contributed by atoms with Crippen molar-refractivity contribution in [2.75, 3.05) is 4.90 Å². The van der Waals surface area contributed by atoms with Crippen molar-refractivity contribution in [1.82, 2.24) is 0 Å². The molecule has 0 aliphatic rings. The van der Waals surface area contributed by atoms with E-state index >= 15 is 0 Å². The van der Waals surface area contributed by atoms with Gasteiger partial charge in [-0.1, -0.05) is 53.0 Å². The van der Waals surface area contributed by atoms with E-state index in [9.17, 15) is 0 Å². The van der Waals surface area contributed by atoms with Gasteiger partial charge in [-0.2, -0.15) is 0 Å². The molecule has 2 heteroatoms. The molecule has 0 unspecified atom stereocenters. The maximum atomic E-state index is 5.83. The van der Waals surface area contributed by atoms with E-state index in [0.29, 0.717) is 0 Å². The van der Waals surface area contributed by atoms with Crippen molar-refractivity contribution >= 4 is 30.4 Å². The SMILES string of the molecule is [B]c1ccc(N(c2ccc(C)cc2)c2ccc(C)cc2)cc1. The Labute approximate surface area is 133 Å². The molecule has 0 aromatic heterocycles. The number of benzene rings is 3. The third kappa shape index (κ3) is 3.06. The zero-order chi connectivity index (χ0) is 15.5. The van der Waals surface area contributed by atoms with Crippen LogP contribution in [0.1, 0.15) is 11.1 Å². The molecule has 0 fully saturated rings. The van der Waals surface area contributed by atoms with Crippen LogP contribution in [0.2, 0.25) is 0 Å².